The van der Waals surface area contributed by atoms with E-state index in [-0.39, 0.29) is 17.4 Å². The lowest BCUT2D eigenvalue weighted by Crippen LogP contribution is -2.27. The van der Waals surface area contributed by atoms with E-state index in [2.05, 4.69) is 15.0 Å². The lowest BCUT2D eigenvalue weighted by atomic mass is 10.3. The summed E-state index contributed by atoms with van der Waals surface area (Å²) in [6.45, 7) is 0. The Hall–Kier alpha value is -2.50. The van der Waals surface area contributed by atoms with Crippen LogP contribution in [0, 0.1) is 0 Å². The van der Waals surface area contributed by atoms with Crippen LogP contribution in [0.15, 0.2) is 36.9 Å². The van der Waals surface area contributed by atoms with Crippen LogP contribution in [0.25, 0.3) is 0 Å². The van der Waals surface area contributed by atoms with E-state index in [4.69, 9.17) is 5.73 Å². The standard InChI is InChI=1S/C11H11N5O/c1-16(8-2-4-13-5-3-8)11(17)9-6-14-7-10(12)15-9/h2-7H,1H3,(H2,12,15). The highest BCUT2D eigenvalue weighted by atomic mass is 16.2. The summed E-state index contributed by atoms with van der Waals surface area (Å²) < 4.78 is 0. The predicted octanol–water partition coefficient (Wildman–Crippen LogP) is 0.730. The topological polar surface area (TPSA) is 85.0 Å². The third-order valence-electron chi connectivity index (χ3n) is 2.23. The van der Waals surface area contributed by atoms with Crippen LogP contribution in [0.3, 0.4) is 0 Å². The number of nitrogens with two attached hydrogens (primary N) is 1. The number of rotatable bonds is 2. The summed E-state index contributed by atoms with van der Waals surface area (Å²) >= 11 is 0. The molecule has 2 aromatic heterocycles. The van der Waals surface area contributed by atoms with Crippen LogP contribution in [0.2, 0.25) is 0 Å². The number of hydrogen-bond donors (Lipinski definition) is 1. The molecule has 1 amide bonds. The second-order valence-corrected chi connectivity index (χ2v) is 3.40. The molecule has 0 unspecified atom stereocenters. The number of carbonyl (C=O) groups is 1. The first-order valence-corrected chi connectivity index (χ1v) is 4.94. The van der Waals surface area contributed by atoms with Crippen molar-refractivity contribution >= 4 is 17.4 Å². The molecule has 0 spiro atoms. The molecule has 2 aromatic rings. The third-order valence-corrected chi connectivity index (χ3v) is 2.23. The molecule has 17 heavy (non-hydrogen) atoms. The molecule has 0 atom stereocenters. The first-order valence-electron chi connectivity index (χ1n) is 4.94. The molecule has 86 valence electrons. The Balaban J connectivity index is 2.27. The lowest BCUT2D eigenvalue weighted by molar-refractivity contribution is 0.0988. The van der Waals surface area contributed by atoms with Gasteiger partial charge in [-0.2, -0.15) is 0 Å². The van der Waals surface area contributed by atoms with Crippen LogP contribution in [0.1, 0.15) is 10.5 Å². The number of hydrogen-bond acceptors (Lipinski definition) is 5. The normalized spacial score (nSPS) is 9.94. The number of nitrogen functional groups attached to an aromatic ring is 1. The van der Waals surface area contributed by atoms with Gasteiger partial charge in [0.2, 0.25) is 0 Å². The molecule has 0 saturated carbocycles. The monoisotopic (exact) mass is 229 g/mol. The van der Waals surface area contributed by atoms with Crippen molar-refractivity contribution in [2.45, 2.75) is 0 Å². The summed E-state index contributed by atoms with van der Waals surface area (Å²) in [6, 6.07) is 3.47. The number of nitrogens with zero attached hydrogens (tertiary/aromatic N) is 4. The number of anilines is 2. The second-order valence-electron chi connectivity index (χ2n) is 3.40. The fraction of sp³-hybridized carbons (Fsp3) is 0.0909. The van der Waals surface area contributed by atoms with Gasteiger partial charge in [0.25, 0.3) is 5.91 Å². The van der Waals surface area contributed by atoms with Crippen molar-refractivity contribution in [1.29, 1.82) is 0 Å². The second kappa shape index (κ2) is 4.56. The molecule has 0 aromatic carbocycles. The molecule has 0 bridgehead atoms. The zero-order valence-corrected chi connectivity index (χ0v) is 9.24. The smallest absolute Gasteiger partial charge is 0.278 e. The van der Waals surface area contributed by atoms with Gasteiger partial charge in [-0.05, 0) is 12.1 Å². The van der Waals surface area contributed by atoms with Crippen molar-refractivity contribution < 1.29 is 4.79 Å². The largest absolute Gasteiger partial charge is 0.382 e. The number of amides is 1. The van der Waals surface area contributed by atoms with E-state index in [0.29, 0.717) is 0 Å². The van der Waals surface area contributed by atoms with Crippen LogP contribution in [0.4, 0.5) is 11.5 Å². The van der Waals surface area contributed by atoms with Gasteiger partial charge in [-0.1, -0.05) is 0 Å². The van der Waals surface area contributed by atoms with Crippen molar-refractivity contribution in [3.8, 4) is 0 Å². The molecule has 0 aliphatic carbocycles. The van der Waals surface area contributed by atoms with Gasteiger partial charge < -0.3 is 10.6 Å². The fourth-order valence-electron chi connectivity index (χ4n) is 1.34. The Morgan fingerprint density at radius 1 is 1.24 bits per heavy atom. The molecule has 0 saturated heterocycles. The SMILES string of the molecule is CN(C(=O)c1cncc(N)n1)c1ccncc1. The Bertz CT molecular complexity index is 528. The Kier molecular flexibility index (Phi) is 2.95. The van der Waals surface area contributed by atoms with Gasteiger partial charge in [-0.15, -0.1) is 0 Å². The number of aromatic nitrogens is 3. The molecule has 2 rings (SSSR count). The maximum atomic E-state index is 12.0. The Labute approximate surface area is 98.1 Å². The number of carbonyl (C=O) groups excluding carboxylic acids is 1. The lowest BCUT2D eigenvalue weighted by Gasteiger charge is -2.16. The molecular formula is C11H11N5O. The Morgan fingerprint density at radius 3 is 2.59 bits per heavy atom. The molecule has 0 aliphatic heterocycles. The highest BCUT2D eigenvalue weighted by Gasteiger charge is 2.15. The van der Waals surface area contributed by atoms with Crippen LogP contribution >= 0.6 is 0 Å². The van der Waals surface area contributed by atoms with E-state index < -0.39 is 0 Å². The average Bonchev–Trinajstić information content (AvgIpc) is 2.38. The number of pyridine rings is 1. The maximum absolute atomic E-state index is 12.0. The van der Waals surface area contributed by atoms with Gasteiger partial charge in [0, 0.05) is 25.1 Å². The van der Waals surface area contributed by atoms with E-state index in [1.807, 2.05) is 0 Å². The van der Waals surface area contributed by atoms with Crippen molar-refractivity contribution in [1.82, 2.24) is 15.0 Å². The molecule has 0 fully saturated rings. The maximum Gasteiger partial charge on any atom is 0.278 e. The van der Waals surface area contributed by atoms with Gasteiger partial charge in [-0.3, -0.25) is 14.8 Å². The highest BCUT2D eigenvalue weighted by Crippen LogP contribution is 2.12. The van der Waals surface area contributed by atoms with E-state index in [9.17, 15) is 4.79 Å². The van der Waals surface area contributed by atoms with Gasteiger partial charge >= 0.3 is 0 Å². The van der Waals surface area contributed by atoms with Gasteiger partial charge in [-0.25, -0.2) is 4.98 Å². The summed E-state index contributed by atoms with van der Waals surface area (Å²) in [5.41, 5.74) is 6.42. The summed E-state index contributed by atoms with van der Waals surface area (Å²) in [6.07, 6.45) is 6.01. The van der Waals surface area contributed by atoms with Crippen molar-refractivity contribution in [3.05, 3.63) is 42.6 Å². The molecule has 0 radical (unpaired) electrons. The van der Waals surface area contributed by atoms with Crippen LogP contribution in [-0.2, 0) is 0 Å². The zero-order chi connectivity index (χ0) is 12.3. The molecule has 2 heterocycles. The quantitative estimate of drug-likeness (QED) is 0.820. The zero-order valence-electron chi connectivity index (χ0n) is 9.24. The van der Waals surface area contributed by atoms with Crippen molar-refractivity contribution in [2.24, 2.45) is 0 Å². The van der Waals surface area contributed by atoms with Gasteiger partial charge in [0.1, 0.15) is 11.5 Å². The van der Waals surface area contributed by atoms with Gasteiger partial charge in [0.15, 0.2) is 0 Å². The average molecular weight is 229 g/mol. The first kappa shape index (κ1) is 11.0. The molecule has 6 nitrogen and oxygen atoms in total. The highest BCUT2D eigenvalue weighted by molar-refractivity contribution is 6.04. The van der Waals surface area contributed by atoms with E-state index >= 15 is 0 Å². The summed E-state index contributed by atoms with van der Waals surface area (Å²) in [5.74, 6) is -0.0463. The molecule has 0 aliphatic rings. The van der Waals surface area contributed by atoms with Crippen LogP contribution in [-0.4, -0.2) is 27.9 Å². The van der Waals surface area contributed by atoms with E-state index in [1.54, 1.807) is 31.6 Å². The minimum Gasteiger partial charge on any atom is -0.382 e. The van der Waals surface area contributed by atoms with Crippen LogP contribution in [0.5, 0.6) is 0 Å². The molecular weight excluding hydrogens is 218 g/mol. The summed E-state index contributed by atoms with van der Waals surface area (Å²) in [7, 11) is 1.66. The van der Waals surface area contributed by atoms with Crippen LogP contribution < -0.4 is 10.6 Å². The third kappa shape index (κ3) is 2.36. The van der Waals surface area contributed by atoms with E-state index in [1.165, 1.54) is 17.3 Å². The fourth-order valence-corrected chi connectivity index (χ4v) is 1.34. The molecule has 6 heteroatoms. The minimum atomic E-state index is -0.268. The Morgan fingerprint density at radius 2 is 1.94 bits per heavy atom. The van der Waals surface area contributed by atoms with Crippen molar-refractivity contribution in [2.75, 3.05) is 17.7 Å². The van der Waals surface area contributed by atoms with Crippen molar-refractivity contribution in [3.63, 3.8) is 0 Å². The summed E-state index contributed by atoms with van der Waals surface area (Å²) in [4.78, 5) is 25.2. The minimum absolute atomic E-state index is 0.212. The first-order chi connectivity index (χ1) is 8.18. The predicted molar refractivity (Wildman–Crippen MR) is 63.4 cm³/mol. The van der Waals surface area contributed by atoms with Gasteiger partial charge in [0.05, 0.1) is 12.4 Å². The van der Waals surface area contributed by atoms with E-state index in [0.717, 1.165) is 5.69 Å². The molecule has 2 N–H and O–H groups in total. The summed E-state index contributed by atoms with van der Waals surface area (Å²) in [5, 5.41) is 0.